The van der Waals surface area contributed by atoms with Gasteiger partial charge in [-0.2, -0.15) is 0 Å². The molecular formula is C42H70O35. The lowest BCUT2D eigenvalue weighted by Crippen LogP contribution is -2.68. The van der Waals surface area contributed by atoms with Crippen LogP contribution in [0.15, 0.2) is 0 Å². The highest BCUT2D eigenvalue weighted by Gasteiger charge is 2.59. The first-order chi connectivity index (χ1) is 36.7. The van der Waals surface area contributed by atoms with Gasteiger partial charge in [-0.15, -0.1) is 0 Å². The molecule has 77 heavy (non-hydrogen) atoms. The molecule has 0 unspecified atom stereocenters. The standard InChI is InChI=1S/C42H70O35/c43-1-8-29-15(50)22(57)36(64-8)72-30-9(2-44)66-38(24(59)17(30)52)74-32-11(4-46)68-40(26(61)19(32)54)76-34-13(6-48)70-42(28(63)21(34)56)77-35-14(7-49)69-41(27(62)20(35)55)75-33-12(5-47)67-39(25(60)18(33)53)73-31-10(3-45)65-37(71-29)23(58)16(31)51/h8-63H,1-7H2/t8-,9-,10-,11-,12-,13-,14-,15-,16-,17-,18-,19-,20-,21+,22-,23-,24-,25-,26-,27-,28+,29-,30-,31-,32-,33-,34-,35-,36-,37-,38-,39-,40-,41-,42-/m1/s1. The molecule has 21 aliphatic heterocycles. The van der Waals surface area contributed by atoms with Crippen molar-refractivity contribution in [1.82, 2.24) is 0 Å². The first kappa shape index (κ1) is 61.7. The normalized spacial score (nSPS) is 55.4. The molecule has 35 nitrogen and oxygen atoms in total. The van der Waals surface area contributed by atoms with Crippen LogP contribution in [0.4, 0.5) is 0 Å². The summed E-state index contributed by atoms with van der Waals surface area (Å²) in [5, 5.41) is 230. The van der Waals surface area contributed by atoms with E-state index in [1.54, 1.807) is 0 Å². The molecule has 0 aromatic carbocycles. The monoisotopic (exact) mass is 1130 g/mol. The largest absolute Gasteiger partial charge is 0.394 e. The van der Waals surface area contributed by atoms with E-state index in [1.165, 1.54) is 0 Å². The van der Waals surface area contributed by atoms with E-state index in [9.17, 15) is 107 Å². The van der Waals surface area contributed by atoms with Crippen LogP contribution in [0.1, 0.15) is 0 Å². The first-order valence-electron chi connectivity index (χ1n) is 24.6. The van der Waals surface area contributed by atoms with E-state index in [-0.39, 0.29) is 0 Å². The zero-order valence-corrected chi connectivity index (χ0v) is 40.3. The van der Waals surface area contributed by atoms with Crippen molar-refractivity contribution in [2.45, 2.75) is 215 Å². The van der Waals surface area contributed by atoms with E-state index < -0.39 is 261 Å². The van der Waals surface area contributed by atoms with Crippen molar-refractivity contribution in [2.24, 2.45) is 0 Å². The third-order valence-electron chi connectivity index (χ3n) is 14.8. The molecule has 21 N–H and O–H groups in total. The maximum Gasteiger partial charge on any atom is 0.187 e. The summed E-state index contributed by atoms with van der Waals surface area (Å²) >= 11 is 0. The third kappa shape index (κ3) is 12.1. The van der Waals surface area contributed by atoms with Crippen molar-refractivity contribution in [3.8, 4) is 0 Å². The van der Waals surface area contributed by atoms with E-state index in [1.807, 2.05) is 0 Å². The minimum absolute atomic E-state index is 1.05. The van der Waals surface area contributed by atoms with Crippen LogP contribution in [0.25, 0.3) is 0 Å². The van der Waals surface area contributed by atoms with Crippen LogP contribution in [0, 0.1) is 0 Å². The highest BCUT2D eigenvalue weighted by Crippen LogP contribution is 2.39. The Morgan fingerprint density at radius 1 is 0.156 bits per heavy atom. The lowest BCUT2D eigenvalue weighted by Gasteiger charge is -2.50. The second kappa shape index (κ2) is 26.0. The summed E-state index contributed by atoms with van der Waals surface area (Å²) in [5.74, 6) is 0. The van der Waals surface area contributed by atoms with Crippen LogP contribution in [-0.2, 0) is 66.3 Å². The van der Waals surface area contributed by atoms with Crippen molar-refractivity contribution >= 4 is 0 Å². The van der Waals surface area contributed by atoms with Crippen LogP contribution in [0.5, 0.6) is 0 Å². The van der Waals surface area contributed by atoms with Gasteiger partial charge in [0.1, 0.15) is 171 Å². The summed E-state index contributed by atoms with van der Waals surface area (Å²) in [6.45, 7) is -7.33. The van der Waals surface area contributed by atoms with Crippen molar-refractivity contribution in [2.75, 3.05) is 46.2 Å². The Labute approximate surface area is 434 Å². The molecule has 0 spiro atoms. The van der Waals surface area contributed by atoms with Gasteiger partial charge < -0.3 is 174 Å². The Morgan fingerprint density at radius 2 is 0.260 bits per heavy atom. The van der Waals surface area contributed by atoms with E-state index in [0.29, 0.717) is 0 Å². The molecule has 21 aliphatic rings. The van der Waals surface area contributed by atoms with Gasteiger partial charge in [0.05, 0.1) is 46.2 Å². The molecule has 21 rings (SSSR count). The second-order valence-corrected chi connectivity index (χ2v) is 19.7. The van der Waals surface area contributed by atoms with Crippen LogP contribution >= 0.6 is 0 Å². The quantitative estimate of drug-likeness (QED) is 0.113. The fourth-order valence-corrected chi connectivity index (χ4v) is 10.4. The Morgan fingerprint density at radius 3 is 0.351 bits per heavy atom. The number of aliphatic hydroxyl groups is 21. The van der Waals surface area contributed by atoms with Crippen molar-refractivity contribution < 1.29 is 174 Å². The van der Waals surface area contributed by atoms with Gasteiger partial charge in [-0.1, -0.05) is 0 Å². The molecule has 0 aliphatic carbocycles. The van der Waals surface area contributed by atoms with Crippen LogP contribution in [-0.4, -0.2) is 368 Å². The number of hydrogen-bond acceptors (Lipinski definition) is 35. The van der Waals surface area contributed by atoms with Crippen LogP contribution in [0.2, 0.25) is 0 Å². The molecule has 0 aromatic rings. The summed E-state index contributed by atoms with van der Waals surface area (Å²) < 4.78 is 79.5. The summed E-state index contributed by atoms with van der Waals surface area (Å²) in [6.07, 6.45) is -70.2. The van der Waals surface area contributed by atoms with Gasteiger partial charge in [-0.05, 0) is 0 Å². The Kier molecular flexibility index (Phi) is 20.8. The fourth-order valence-electron chi connectivity index (χ4n) is 10.4. The summed E-state index contributed by atoms with van der Waals surface area (Å²) in [6, 6.07) is 0. The summed E-state index contributed by atoms with van der Waals surface area (Å²) in [7, 11) is 0. The minimum Gasteiger partial charge on any atom is -0.394 e. The Bertz CT molecular complexity index is 1470. The topological polar surface area (TPSA) is 554 Å². The maximum absolute atomic E-state index is 11.3. The van der Waals surface area contributed by atoms with Gasteiger partial charge in [0, 0.05) is 0 Å². The average Bonchev–Trinajstić information content (AvgIpc) is 3.45. The summed E-state index contributed by atoms with van der Waals surface area (Å²) in [5.41, 5.74) is 0. The van der Waals surface area contributed by atoms with E-state index in [0.717, 1.165) is 0 Å². The Balaban J connectivity index is 1.08. The molecule has 21 fully saturated rings. The van der Waals surface area contributed by atoms with Gasteiger partial charge in [-0.25, -0.2) is 0 Å². The van der Waals surface area contributed by atoms with E-state index in [2.05, 4.69) is 0 Å². The minimum atomic E-state index is -2.21. The zero-order chi connectivity index (χ0) is 56.1. The smallest absolute Gasteiger partial charge is 0.187 e. The van der Waals surface area contributed by atoms with Crippen LogP contribution in [0.3, 0.4) is 0 Å². The molecule has 0 saturated carbocycles. The molecule has 0 radical (unpaired) electrons. The van der Waals surface area contributed by atoms with Gasteiger partial charge in [0.2, 0.25) is 0 Å². The van der Waals surface area contributed by atoms with Crippen molar-refractivity contribution in [3.05, 3.63) is 0 Å². The maximum atomic E-state index is 11.3. The Hall–Kier alpha value is -1.40. The number of hydrogen-bond donors (Lipinski definition) is 21. The number of rotatable bonds is 7. The molecule has 14 bridgehead atoms. The van der Waals surface area contributed by atoms with Crippen molar-refractivity contribution in [3.63, 3.8) is 0 Å². The molecule has 35 atom stereocenters. The van der Waals surface area contributed by atoms with E-state index >= 15 is 0 Å². The molecule has 448 valence electrons. The van der Waals surface area contributed by atoms with E-state index in [4.69, 9.17) is 66.3 Å². The average molecular weight is 1130 g/mol. The fraction of sp³-hybridized carbons (Fsp3) is 1.00. The highest BCUT2D eigenvalue weighted by molar-refractivity contribution is 5.01. The highest BCUT2D eigenvalue weighted by atomic mass is 16.8. The predicted molar refractivity (Wildman–Crippen MR) is 228 cm³/mol. The zero-order valence-electron chi connectivity index (χ0n) is 40.3. The lowest BCUT2D eigenvalue weighted by molar-refractivity contribution is -0.396. The van der Waals surface area contributed by atoms with Crippen LogP contribution < -0.4 is 0 Å². The third-order valence-corrected chi connectivity index (χ3v) is 14.8. The van der Waals surface area contributed by atoms with Gasteiger partial charge in [0.15, 0.2) is 44.0 Å². The molecule has 35 heteroatoms. The first-order valence-corrected chi connectivity index (χ1v) is 24.6. The molecule has 0 aromatic heterocycles. The SMILES string of the molecule is OC[C@H]1O[C@@H]2O[C@H]3[C@H](O)[C@@H](O)[C@@H](O[C@H]4[C@H](O)[C@@H](O)[C@@H](O[C@H]5[C@H](O)[C@@H](O)[C@@H](O[C@H]6[C@H](O)[C@@H](O)[C@@H](O[C@H]7[C@H](O)[C@@H](O)[C@@H](O[C@H]8[C@@H](O)[C@H](O)[C@@H](O[C@H]1[C@H](O)[C@H]2O)O[C@@H]8CO)O[C@@H]7CO)O[C@@H]6CO)O[C@@H]5CO)O[C@@H]4CO)O[C@@H]3CO. The molecule has 0 amide bonds. The van der Waals surface area contributed by atoms with Crippen molar-refractivity contribution in [1.29, 1.82) is 0 Å². The predicted octanol–water partition coefficient (Wildman–Crippen LogP) is -15.2. The summed E-state index contributed by atoms with van der Waals surface area (Å²) in [4.78, 5) is 0. The van der Waals surface area contributed by atoms with Gasteiger partial charge in [0.25, 0.3) is 0 Å². The molecule has 21 heterocycles. The molecule has 21 saturated heterocycles. The van der Waals surface area contributed by atoms with Gasteiger partial charge in [-0.3, -0.25) is 0 Å². The second-order valence-electron chi connectivity index (χ2n) is 19.7. The van der Waals surface area contributed by atoms with Gasteiger partial charge >= 0.3 is 0 Å². The number of aliphatic hydroxyl groups excluding tert-OH is 21. The molecular weight excluding hydrogens is 1060 g/mol. The lowest BCUT2D eigenvalue weighted by atomic mass is 9.95. The number of ether oxygens (including phenoxy) is 14.